The summed E-state index contributed by atoms with van der Waals surface area (Å²) < 4.78 is 84.0. The van der Waals surface area contributed by atoms with Gasteiger partial charge in [-0.15, -0.1) is 12.4 Å². The maximum absolute atomic E-state index is 12.2. The van der Waals surface area contributed by atoms with Gasteiger partial charge in [0, 0.05) is 36.6 Å². The van der Waals surface area contributed by atoms with Crippen molar-refractivity contribution in [2.45, 2.75) is 52.1 Å². The highest BCUT2D eigenvalue weighted by Gasteiger charge is 2.31. The predicted molar refractivity (Wildman–Crippen MR) is 123 cm³/mol. The van der Waals surface area contributed by atoms with Crippen molar-refractivity contribution in [3.8, 4) is 11.8 Å². The van der Waals surface area contributed by atoms with Gasteiger partial charge < -0.3 is 20.1 Å². The molecule has 0 aliphatic carbocycles. The lowest BCUT2D eigenvalue weighted by Crippen LogP contribution is -2.31. The summed E-state index contributed by atoms with van der Waals surface area (Å²) in [5, 5.41) is 6.24. The van der Waals surface area contributed by atoms with Crippen molar-refractivity contribution in [1.82, 2.24) is 20.6 Å². The van der Waals surface area contributed by atoms with E-state index in [-0.39, 0.29) is 36.3 Å². The number of pyridine rings is 2. The molecule has 0 saturated heterocycles. The van der Waals surface area contributed by atoms with Crippen molar-refractivity contribution in [2.24, 2.45) is 0 Å². The van der Waals surface area contributed by atoms with Crippen LogP contribution in [0.5, 0.6) is 11.8 Å². The van der Waals surface area contributed by atoms with Crippen LogP contribution in [0.15, 0.2) is 36.7 Å². The van der Waals surface area contributed by atoms with E-state index in [1.54, 1.807) is 0 Å². The Morgan fingerprint density at radius 1 is 0.714 bits per heavy atom. The van der Waals surface area contributed by atoms with Gasteiger partial charge in [-0.3, -0.25) is 0 Å². The minimum atomic E-state index is -4.36. The van der Waals surface area contributed by atoms with Crippen LogP contribution in [0.3, 0.4) is 0 Å². The molecular weight excluding hydrogens is 502 g/mol. The molecule has 0 unspecified atom stereocenters. The topological polar surface area (TPSA) is 68.3 Å². The maximum Gasteiger partial charge on any atom is 0.417 e. The molecule has 0 aromatic carbocycles. The monoisotopic (exact) mass is 532 g/mol. The highest BCUT2D eigenvalue weighted by molar-refractivity contribution is 5.85. The molecule has 6 nitrogen and oxygen atoms in total. The molecule has 0 fully saturated rings. The minimum Gasteiger partial charge on any atom is -0.476 e. The summed E-state index contributed by atoms with van der Waals surface area (Å²) in [6.45, 7) is 10.1. The van der Waals surface area contributed by atoms with Crippen molar-refractivity contribution in [2.75, 3.05) is 26.3 Å². The van der Waals surface area contributed by atoms with Crippen LogP contribution in [-0.2, 0) is 12.4 Å². The van der Waals surface area contributed by atoms with E-state index < -0.39 is 23.5 Å². The maximum atomic E-state index is 12.2. The van der Waals surface area contributed by atoms with Crippen molar-refractivity contribution in [3.63, 3.8) is 0 Å². The van der Waals surface area contributed by atoms with Gasteiger partial charge in [0.05, 0.1) is 11.1 Å². The van der Waals surface area contributed by atoms with E-state index in [1.807, 2.05) is 27.7 Å². The van der Waals surface area contributed by atoms with E-state index >= 15 is 0 Å². The number of hydrogen-bond donors (Lipinski definition) is 2. The fourth-order valence-corrected chi connectivity index (χ4v) is 2.50. The Balaban J connectivity index is 0.000000642. The second-order valence-electron chi connectivity index (χ2n) is 7.31. The lowest BCUT2D eigenvalue weighted by Gasteiger charge is -2.13. The first-order valence-corrected chi connectivity index (χ1v) is 10.7. The fraction of sp³-hybridized carbons (Fsp3) is 0.545. The second kappa shape index (κ2) is 15.6. The number of aromatic nitrogens is 2. The molecule has 2 aromatic heterocycles. The summed E-state index contributed by atoms with van der Waals surface area (Å²) in [7, 11) is 0. The summed E-state index contributed by atoms with van der Waals surface area (Å²) in [5.74, 6) is 0.394. The zero-order valence-corrected chi connectivity index (χ0v) is 20.7. The van der Waals surface area contributed by atoms with Gasteiger partial charge in [-0.2, -0.15) is 26.3 Å². The number of rotatable bonds is 10. The number of nitrogens with zero attached hydrogens (tertiary/aromatic N) is 2. The van der Waals surface area contributed by atoms with Gasteiger partial charge in [0.1, 0.15) is 13.2 Å². The highest BCUT2D eigenvalue weighted by Crippen LogP contribution is 2.30. The molecular formula is C22H31ClF6N4O2. The number of ether oxygens (including phenoxy) is 2. The predicted octanol–water partition coefficient (Wildman–Crippen LogP) is 5.38. The number of alkyl halides is 6. The van der Waals surface area contributed by atoms with Gasteiger partial charge in [-0.1, -0.05) is 13.8 Å². The van der Waals surface area contributed by atoms with Crippen LogP contribution in [0.4, 0.5) is 26.3 Å². The average molecular weight is 533 g/mol. The van der Waals surface area contributed by atoms with Gasteiger partial charge in [0.25, 0.3) is 0 Å². The number of hydrogen-bond acceptors (Lipinski definition) is 6. The Hall–Kier alpha value is -2.31. The van der Waals surface area contributed by atoms with E-state index in [0.717, 1.165) is 37.6 Å². The Kier molecular flexibility index (Phi) is 14.6. The number of likely N-dealkylation sites (N-methyl/N-ethyl adjacent to an activating group) is 2. The minimum absolute atomic E-state index is 0. The lowest BCUT2D eigenvalue weighted by atomic mass is 10.3. The first-order valence-electron chi connectivity index (χ1n) is 10.7. The zero-order chi connectivity index (χ0) is 25.8. The second-order valence-corrected chi connectivity index (χ2v) is 7.31. The van der Waals surface area contributed by atoms with Gasteiger partial charge >= 0.3 is 12.4 Å². The first kappa shape index (κ1) is 32.7. The number of halogens is 7. The van der Waals surface area contributed by atoms with Crippen molar-refractivity contribution in [3.05, 3.63) is 47.8 Å². The van der Waals surface area contributed by atoms with E-state index in [2.05, 4.69) is 20.6 Å². The summed E-state index contributed by atoms with van der Waals surface area (Å²) in [5.41, 5.74) is -1.55. The Morgan fingerprint density at radius 3 is 1.29 bits per heavy atom. The largest absolute Gasteiger partial charge is 0.476 e. The van der Waals surface area contributed by atoms with Gasteiger partial charge in [-0.05, 0) is 39.1 Å². The standard InChI is InChI=1S/2C11H15F3N2O.ClH/c2*1-3-15-8(2)7-17-10-5-4-9(6-16-10)11(12,13)14;/h2*4-6,8,15H,3,7H2,1-2H3;1H/t2*8-;/m00./s1. The third-order valence-corrected chi connectivity index (χ3v) is 4.19. The third-order valence-electron chi connectivity index (χ3n) is 4.19. The molecule has 13 heteroatoms. The average Bonchev–Trinajstić information content (AvgIpc) is 2.76. The Bertz CT molecular complexity index is 751. The molecule has 2 atom stereocenters. The molecule has 200 valence electrons. The quantitative estimate of drug-likeness (QED) is 0.401. The van der Waals surface area contributed by atoms with Gasteiger partial charge in [0.15, 0.2) is 0 Å². The van der Waals surface area contributed by atoms with Crippen LogP contribution in [0.1, 0.15) is 38.8 Å². The van der Waals surface area contributed by atoms with E-state index in [9.17, 15) is 26.3 Å². The summed E-state index contributed by atoms with van der Waals surface area (Å²) in [6, 6.07) is 4.62. The Morgan fingerprint density at radius 2 is 1.06 bits per heavy atom. The van der Waals surface area contributed by atoms with Crippen LogP contribution in [-0.4, -0.2) is 48.4 Å². The van der Waals surface area contributed by atoms with Crippen LogP contribution in [0.2, 0.25) is 0 Å². The fourth-order valence-electron chi connectivity index (χ4n) is 2.50. The molecule has 0 aliphatic rings. The van der Waals surface area contributed by atoms with Gasteiger partial charge in [-0.25, -0.2) is 9.97 Å². The zero-order valence-electron chi connectivity index (χ0n) is 19.8. The third kappa shape index (κ3) is 13.4. The van der Waals surface area contributed by atoms with E-state index in [4.69, 9.17) is 9.47 Å². The lowest BCUT2D eigenvalue weighted by molar-refractivity contribution is -0.138. The van der Waals surface area contributed by atoms with Crippen molar-refractivity contribution < 1.29 is 35.8 Å². The first-order chi connectivity index (χ1) is 15.9. The molecule has 0 amide bonds. The molecule has 0 saturated carbocycles. The Labute approximate surface area is 207 Å². The molecule has 0 bridgehead atoms. The van der Waals surface area contributed by atoms with Crippen LogP contribution in [0, 0.1) is 0 Å². The van der Waals surface area contributed by atoms with Crippen LogP contribution < -0.4 is 20.1 Å². The molecule has 2 aromatic rings. The molecule has 2 rings (SSSR count). The molecule has 2 N–H and O–H groups in total. The smallest absolute Gasteiger partial charge is 0.417 e. The molecule has 35 heavy (non-hydrogen) atoms. The van der Waals surface area contributed by atoms with Crippen molar-refractivity contribution >= 4 is 12.4 Å². The van der Waals surface area contributed by atoms with E-state index in [1.165, 1.54) is 12.1 Å². The summed E-state index contributed by atoms with van der Waals surface area (Å²) >= 11 is 0. The molecule has 0 radical (unpaired) electrons. The molecule has 0 spiro atoms. The highest BCUT2D eigenvalue weighted by atomic mass is 35.5. The molecule has 2 heterocycles. The number of nitrogens with one attached hydrogen (secondary N) is 2. The summed E-state index contributed by atoms with van der Waals surface area (Å²) in [4.78, 5) is 7.21. The molecule has 0 aliphatic heterocycles. The summed E-state index contributed by atoms with van der Waals surface area (Å²) in [6.07, 6.45) is -7.17. The normalized spacial score (nSPS) is 13.1. The van der Waals surface area contributed by atoms with E-state index in [0.29, 0.717) is 13.2 Å². The van der Waals surface area contributed by atoms with Crippen LogP contribution >= 0.6 is 12.4 Å². The van der Waals surface area contributed by atoms with Gasteiger partial charge in [0.2, 0.25) is 11.8 Å². The van der Waals surface area contributed by atoms with Crippen molar-refractivity contribution in [1.29, 1.82) is 0 Å². The SMILES string of the molecule is CCN[C@@H](C)COc1ccc(C(F)(F)F)cn1.CCN[C@@H](C)COc1ccc(C(F)(F)F)cn1.Cl. The van der Waals surface area contributed by atoms with Crippen LogP contribution in [0.25, 0.3) is 0 Å².